The summed E-state index contributed by atoms with van der Waals surface area (Å²) in [6, 6.07) is 21.2. The topological polar surface area (TPSA) is 52.4 Å². The summed E-state index contributed by atoms with van der Waals surface area (Å²) < 4.78 is 16.8. The molecule has 0 spiro atoms. The van der Waals surface area contributed by atoms with Crippen LogP contribution in [-0.2, 0) is 9.47 Å². The highest BCUT2D eigenvalue weighted by Crippen LogP contribution is 2.36. The van der Waals surface area contributed by atoms with Crippen LogP contribution in [0.3, 0.4) is 0 Å². The zero-order valence-electron chi connectivity index (χ0n) is 17.2. The molecule has 5 rings (SSSR count). The van der Waals surface area contributed by atoms with Crippen molar-refractivity contribution in [3.8, 4) is 16.9 Å². The van der Waals surface area contributed by atoms with Gasteiger partial charge in [-0.15, -0.1) is 0 Å². The Bertz CT molecular complexity index is 1180. The zero-order valence-corrected chi connectivity index (χ0v) is 18.7. The van der Waals surface area contributed by atoms with E-state index in [0.717, 1.165) is 27.3 Å². The highest BCUT2D eigenvalue weighted by molar-refractivity contribution is 6.32. The molecular weight excluding hydrogens is 447 g/mol. The number of nitrogens with zero attached hydrogens (tertiary/aromatic N) is 2. The van der Waals surface area contributed by atoms with Crippen molar-refractivity contribution in [3.63, 3.8) is 0 Å². The second-order valence-corrected chi connectivity index (χ2v) is 8.36. The second-order valence-electron chi connectivity index (χ2n) is 7.52. The minimum Gasteiger partial charge on any atom is -0.495 e. The number of aliphatic imine (C=N–C) groups is 2. The first-order valence-electron chi connectivity index (χ1n) is 10.1. The molecule has 0 saturated heterocycles. The SMILES string of the molecule is COc1ccc(C2N=[C]OC2C2=NC(c3ccc(-c4ccc(Cl)cc4)cc3)CO2)cc1Cl. The third-order valence-corrected chi connectivity index (χ3v) is 6.11. The van der Waals surface area contributed by atoms with Gasteiger partial charge in [0.2, 0.25) is 12.0 Å². The molecule has 32 heavy (non-hydrogen) atoms. The quantitative estimate of drug-likeness (QED) is 0.451. The lowest BCUT2D eigenvalue weighted by Crippen LogP contribution is -2.26. The number of benzene rings is 3. The fourth-order valence-electron chi connectivity index (χ4n) is 3.84. The number of halogens is 2. The minimum absolute atomic E-state index is 0.103. The standard InChI is InChI=1S/C25H19Cl2N2O3/c1-30-22-11-8-18(12-20(22)27)23-24(32-14-28-23)25-29-21(13-31-25)17-4-2-15(3-5-17)16-6-9-19(26)10-7-16/h2-12,21,23-24H,13H2,1H3. The van der Waals surface area contributed by atoms with Gasteiger partial charge in [0.05, 0.1) is 12.1 Å². The summed E-state index contributed by atoms with van der Waals surface area (Å²) in [4.78, 5) is 9.12. The molecule has 3 atom stereocenters. The molecule has 0 saturated carbocycles. The highest BCUT2D eigenvalue weighted by atomic mass is 35.5. The van der Waals surface area contributed by atoms with Crippen molar-refractivity contribution in [2.45, 2.75) is 18.2 Å². The number of methoxy groups -OCH3 is 1. The molecule has 0 bridgehead atoms. The van der Waals surface area contributed by atoms with Crippen molar-refractivity contribution in [1.82, 2.24) is 0 Å². The molecule has 161 valence electrons. The monoisotopic (exact) mass is 465 g/mol. The van der Waals surface area contributed by atoms with Gasteiger partial charge < -0.3 is 14.2 Å². The van der Waals surface area contributed by atoms with Crippen molar-refractivity contribution in [3.05, 3.63) is 87.9 Å². The lowest BCUT2D eigenvalue weighted by Gasteiger charge is -2.17. The van der Waals surface area contributed by atoms with Crippen molar-refractivity contribution in [2.24, 2.45) is 9.98 Å². The lowest BCUT2D eigenvalue weighted by atomic mass is 10.0. The summed E-state index contributed by atoms with van der Waals surface area (Å²) in [6.07, 6.45) is 2.14. The Morgan fingerprint density at radius 1 is 0.938 bits per heavy atom. The Morgan fingerprint density at radius 3 is 2.31 bits per heavy atom. The third kappa shape index (κ3) is 4.06. The average molecular weight is 466 g/mol. The zero-order chi connectivity index (χ0) is 22.1. The maximum Gasteiger partial charge on any atom is 0.274 e. The van der Waals surface area contributed by atoms with E-state index in [2.05, 4.69) is 35.7 Å². The van der Waals surface area contributed by atoms with Crippen LogP contribution in [0.1, 0.15) is 23.2 Å². The van der Waals surface area contributed by atoms with E-state index >= 15 is 0 Å². The molecule has 2 aliphatic rings. The van der Waals surface area contributed by atoms with Crippen LogP contribution in [0.4, 0.5) is 0 Å². The molecular formula is C25H19Cl2N2O3. The summed E-state index contributed by atoms with van der Waals surface area (Å²) in [7, 11) is 1.58. The van der Waals surface area contributed by atoms with E-state index in [0.29, 0.717) is 23.3 Å². The molecule has 2 heterocycles. The number of hydrogen-bond donors (Lipinski definition) is 0. The van der Waals surface area contributed by atoms with Gasteiger partial charge in [0, 0.05) is 5.02 Å². The van der Waals surface area contributed by atoms with Crippen LogP contribution in [0.15, 0.2) is 76.7 Å². The van der Waals surface area contributed by atoms with Crippen molar-refractivity contribution in [2.75, 3.05) is 13.7 Å². The molecule has 1 radical (unpaired) electrons. The first-order chi connectivity index (χ1) is 15.6. The van der Waals surface area contributed by atoms with Crippen LogP contribution in [0.5, 0.6) is 5.75 Å². The van der Waals surface area contributed by atoms with Gasteiger partial charge in [0.1, 0.15) is 24.4 Å². The smallest absolute Gasteiger partial charge is 0.274 e. The van der Waals surface area contributed by atoms with Crippen LogP contribution in [0.25, 0.3) is 11.1 Å². The fraction of sp³-hybridized carbons (Fsp3) is 0.200. The molecule has 2 aliphatic heterocycles. The first kappa shape index (κ1) is 20.9. The van der Waals surface area contributed by atoms with Crippen LogP contribution in [0, 0.1) is 0 Å². The van der Waals surface area contributed by atoms with E-state index in [1.165, 1.54) is 0 Å². The Kier molecular flexibility index (Phi) is 5.77. The van der Waals surface area contributed by atoms with E-state index < -0.39 is 6.10 Å². The maximum atomic E-state index is 6.29. The minimum atomic E-state index is -0.474. The van der Waals surface area contributed by atoms with Gasteiger partial charge in [0.25, 0.3) is 6.40 Å². The molecule has 3 unspecified atom stereocenters. The average Bonchev–Trinajstić information content (AvgIpc) is 3.49. The predicted octanol–water partition coefficient (Wildman–Crippen LogP) is 6.18. The molecule has 7 heteroatoms. The molecule has 3 aromatic rings. The van der Waals surface area contributed by atoms with E-state index in [-0.39, 0.29) is 12.1 Å². The summed E-state index contributed by atoms with van der Waals surface area (Å²) in [5, 5.41) is 1.24. The second kappa shape index (κ2) is 8.85. The van der Waals surface area contributed by atoms with Gasteiger partial charge in [-0.05, 0) is 46.5 Å². The van der Waals surface area contributed by atoms with Gasteiger partial charge in [0.15, 0.2) is 0 Å². The molecule has 0 aliphatic carbocycles. The van der Waals surface area contributed by atoms with E-state index in [9.17, 15) is 0 Å². The Balaban J connectivity index is 1.33. The van der Waals surface area contributed by atoms with Gasteiger partial charge in [-0.2, -0.15) is 0 Å². The van der Waals surface area contributed by atoms with E-state index in [1.807, 2.05) is 42.5 Å². The molecule has 0 amide bonds. The van der Waals surface area contributed by atoms with E-state index in [4.69, 9.17) is 42.4 Å². The molecule has 0 N–H and O–H groups in total. The predicted molar refractivity (Wildman–Crippen MR) is 126 cm³/mol. The van der Waals surface area contributed by atoms with Crippen molar-refractivity contribution < 1.29 is 14.2 Å². The van der Waals surface area contributed by atoms with Gasteiger partial charge in [-0.3, -0.25) is 0 Å². The number of ether oxygens (including phenoxy) is 3. The Morgan fingerprint density at radius 2 is 1.62 bits per heavy atom. The van der Waals surface area contributed by atoms with Crippen molar-refractivity contribution in [1.29, 1.82) is 0 Å². The van der Waals surface area contributed by atoms with Crippen LogP contribution in [0.2, 0.25) is 10.0 Å². The normalized spacial score (nSPS) is 21.7. The third-order valence-electron chi connectivity index (χ3n) is 5.56. The largest absolute Gasteiger partial charge is 0.495 e. The molecule has 0 fully saturated rings. The Labute approximate surface area is 196 Å². The summed E-state index contributed by atoms with van der Waals surface area (Å²) in [6.45, 7) is 0.450. The number of hydrogen-bond acceptors (Lipinski definition) is 5. The number of rotatable bonds is 5. The van der Waals surface area contributed by atoms with Gasteiger partial charge in [-0.25, -0.2) is 9.98 Å². The Hall–Kier alpha value is -3.02. The summed E-state index contributed by atoms with van der Waals surface area (Å²) in [5.41, 5.74) is 4.19. The highest BCUT2D eigenvalue weighted by Gasteiger charge is 2.38. The molecule has 0 aromatic heterocycles. The molecule has 5 nitrogen and oxygen atoms in total. The lowest BCUT2D eigenvalue weighted by molar-refractivity contribution is 0.215. The summed E-state index contributed by atoms with van der Waals surface area (Å²) >= 11 is 12.3. The molecule has 3 aromatic carbocycles. The summed E-state index contributed by atoms with van der Waals surface area (Å²) in [5.74, 6) is 1.12. The van der Waals surface area contributed by atoms with Crippen LogP contribution >= 0.6 is 23.2 Å². The van der Waals surface area contributed by atoms with Crippen molar-refractivity contribution >= 4 is 35.5 Å². The van der Waals surface area contributed by atoms with Crippen LogP contribution < -0.4 is 4.74 Å². The van der Waals surface area contributed by atoms with Crippen LogP contribution in [-0.4, -0.2) is 32.1 Å². The fourth-order valence-corrected chi connectivity index (χ4v) is 4.23. The van der Waals surface area contributed by atoms with Gasteiger partial charge in [-0.1, -0.05) is 65.7 Å². The van der Waals surface area contributed by atoms with E-state index in [1.54, 1.807) is 7.11 Å². The maximum absolute atomic E-state index is 6.29. The first-order valence-corrected chi connectivity index (χ1v) is 10.9. The van der Waals surface area contributed by atoms with Gasteiger partial charge >= 0.3 is 0 Å².